The van der Waals surface area contributed by atoms with Crippen LogP contribution in [0.2, 0.25) is 0 Å². The van der Waals surface area contributed by atoms with Gasteiger partial charge in [-0.05, 0) is 142 Å². The van der Waals surface area contributed by atoms with Crippen LogP contribution in [0.1, 0.15) is 155 Å². The van der Waals surface area contributed by atoms with Crippen molar-refractivity contribution in [3.05, 3.63) is 113 Å². The van der Waals surface area contributed by atoms with Crippen LogP contribution in [0.4, 0.5) is 10.6 Å². The number of piperidine rings is 1. The fourth-order valence-electron chi connectivity index (χ4n) is 17.9. The molecular formula is C100H147N11O26. The van der Waals surface area contributed by atoms with Gasteiger partial charge in [0.1, 0.15) is 59.7 Å². The van der Waals surface area contributed by atoms with Crippen LogP contribution >= 0.6 is 0 Å². The zero-order valence-corrected chi connectivity index (χ0v) is 81.6. The van der Waals surface area contributed by atoms with Crippen molar-refractivity contribution in [3.63, 3.8) is 0 Å². The number of methoxy groups -OCH3 is 3. The highest BCUT2D eigenvalue weighted by Gasteiger charge is 2.53. The first-order valence-electron chi connectivity index (χ1n) is 48.5. The van der Waals surface area contributed by atoms with Gasteiger partial charge in [-0.1, -0.05) is 89.3 Å². The lowest BCUT2D eigenvalue weighted by Crippen LogP contribution is -2.61. The Hall–Kier alpha value is -9.26. The van der Waals surface area contributed by atoms with E-state index in [9.17, 15) is 48.6 Å². The van der Waals surface area contributed by atoms with Crippen molar-refractivity contribution in [2.45, 2.75) is 212 Å². The molecule has 4 amide bonds. The molecule has 1 saturated carbocycles. The number of nitrogen functional groups attached to an aromatic ring is 1. The van der Waals surface area contributed by atoms with Gasteiger partial charge in [-0.25, -0.2) is 29.2 Å². The van der Waals surface area contributed by atoms with Gasteiger partial charge in [0.05, 0.1) is 169 Å². The molecule has 0 spiro atoms. The predicted molar refractivity (Wildman–Crippen MR) is 507 cm³/mol. The first kappa shape index (κ1) is 110. The Kier molecular flexibility index (Phi) is 46.5. The number of esters is 1. The van der Waals surface area contributed by atoms with E-state index in [4.69, 9.17) is 86.6 Å². The Bertz CT molecular complexity index is 4750. The number of fused-ring (bicyclic) bond motifs is 6. The van der Waals surface area contributed by atoms with E-state index in [0.717, 1.165) is 39.7 Å². The zero-order valence-electron chi connectivity index (χ0n) is 81.6. The van der Waals surface area contributed by atoms with E-state index in [0.29, 0.717) is 224 Å². The Morgan fingerprint density at radius 3 is 1.98 bits per heavy atom. The Balaban J connectivity index is 0.510. The molecule has 5 aromatic rings. The second kappa shape index (κ2) is 58.1. The number of H-pyrrole nitrogens is 1. The second-order valence-corrected chi connectivity index (χ2v) is 36.1. The van der Waals surface area contributed by atoms with E-state index in [-0.39, 0.29) is 100 Å². The predicted octanol–water partition coefficient (Wildman–Crippen LogP) is 8.88. The largest absolute Gasteiger partial charge is 0.460 e. The number of cyclic esters (lactones) is 1. The summed E-state index contributed by atoms with van der Waals surface area (Å²) in [7, 11) is 4.48. The number of hydrogen-bond donors (Lipinski definition) is 6. The number of aliphatic hydroxyl groups is 2. The van der Waals surface area contributed by atoms with E-state index in [1.54, 1.807) is 54.2 Å². The summed E-state index contributed by atoms with van der Waals surface area (Å²) >= 11 is 0. The number of alkyl carbamates (subject to hydrolysis) is 1. The van der Waals surface area contributed by atoms with Gasteiger partial charge in [0.15, 0.2) is 11.4 Å². The number of Topliss-reactive ketones (excluding diaryl/α,β-unsaturated/α-hetero) is 3. The molecule has 0 unspecified atom stereocenters. The van der Waals surface area contributed by atoms with Gasteiger partial charge in [0, 0.05) is 114 Å². The normalized spacial score (nSPS) is 25.8. The number of carbonyl (C=O) groups excluding carboxylic acids is 8. The van der Waals surface area contributed by atoms with Crippen LogP contribution in [0.25, 0.3) is 33.3 Å². The number of pyridine rings is 1. The molecule has 8 heterocycles. The second-order valence-electron chi connectivity index (χ2n) is 36.1. The maximum atomic E-state index is 14.8. The maximum Gasteiger partial charge on any atom is 0.407 e. The first-order valence-corrected chi connectivity index (χ1v) is 48.5. The number of amides is 4. The minimum absolute atomic E-state index is 0.0216. The van der Waals surface area contributed by atoms with E-state index in [1.165, 1.54) is 23.9 Å². The van der Waals surface area contributed by atoms with Gasteiger partial charge in [0.2, 0.25) is 17.6 Å². The van der Waals surface area contributed by atoms with Crippen LogP contribution in [0.3, 0.4) is 0 Å². The van der Waals surface area contributed by atoms with Crippen molar-refractivity contribution in [3.8, 4) is 11.3 Å². The zero-order chi connectivity index (χ0) is 98.0. The highest BCUT2D eigenvalue weighted by atomic mass is 16.6. The summed E-state index contributed by atoms with van der Waals surface area (Å²) < 4.78 is 93.9. The lowest BCUT2D eigenvalue weighted by Gasteiger charge is -2.42. The standard InChI is InChI=1S/C100H147N11O26/c1-66-16-12-11-13-17-67(2)83(122-8)60-79-23-19-72(7)100(121,137-79)93(117)97(118)110-32-15-14-18-80(110)98(119)135-84(61-81(112)68(3)55-71(6)91(116)92(124-10)90(115)70(5)54-66)69(4)56-73-21-24-82(85(58-73)123-9)136-99(120)104-31-37-128-41-45-132-49-53-133-50-46-129-42-38-125-34-27-86(113)102-30-36-127-40-44-131-48-52-134-51-47-130-43-39-126-35-28-87(114)109-33-26-75-57-74(20-22-77(75)64-109)63-111-96-88(94(101)106-65-107-96)89(108-111)78-59-76-25-29-103-95(76)105-62-78/h11-13,16-17,20,22,25,29,55,57,59,62,65-66,68-70,72-73,79-80,82-85,91-92,116,121H,14-15,18-19,21,23-24,26-28,30-54,56,58,60-61,63-64H2,1-10H3,(H,102,113)(H,103,105)(H,104,120)(H2,101,106,107)/b13-11+,16-12+,67-17+,71-55+/t66-,68-,69-,70-,72-,73+,79+,80+,82-,83+,84+,85-,91-,92+,100-/m1/s1. The summed E-state index contributed by atoms with van der Waals surface area (Å²) in [5, 5.41) is 35.9. The van der Waals surface area contributed by atoms with Gasteiger partial charge < -0.3 is 117 Å². The lowest BCUT2D eigenvalue weighted by atomic mass is 9.78. The SMILES string of the molecule is CO[C@H]1C[C@@H]2CC[C@@H](C)[C@@](O)(O2)C(=O)C(=O)N2CCCC[C@H]2C(=O)O[C@H]([C@H](C)C[C@@H]2CC[C@@H](OC(=O)NCCOCCOCCOCCOCCOCCC(=O)NCCOCCOCCOCCOCCOCCC(=O)N3CCc4cc(Cn5nc(-c6cnc7[nH]ccc7c6)c6c(N)ncnc65)ccc4C3)[C@H](OC)C2)CC(=O)[C@H](C)/C=C(\C)[C@@H](O)[C@@H](OC)C(=O)[C@H](C)C[C@H](C)/C=C/C=C/C=C/1C. The van der Waals surface area contributed by atoms with Gasteiger partial charge >= 0.3 is 12.1 Å². The molecule has 15 atom stereocenters. The van der Waals surface area contributed by atoms with E-state index >= 15 is 0 Å². The van der Waals surface area contributed by atoms with E-state index in [2.05, 4.69) is 48.8 Å². The number of benzene rings is 1. The molecular weight excluding hydrogens is 1770 g/mol. The van der Waals surface area contributed by atoms with Gasteiger partial charge in [0.25, 0.3) is 11.7 Å². The molecule has 5 aliphatic rings. The molecule has 3 fully saturated rings. The Morgan fingerprint density at radius 2 is 1.32 bits per heavy atom. The van der Waals surface area contributed by atoms with E-state index < -0.39 is 102 Å². The quantitative estimate of drug-likeness (QED) is 0.00916. The number of rotatable bonds is 46. The fourth-order valence-corrected chi connectivity index (χ4v) is 17.9. The van der Waals surface area contributed by atoms with Crippen molar-refractivity contribution < 1.29 is 124 Å². The molecule has 1 aromatic carbocycles. The molecule has 758 valence electrons. The average Bonchev–Trinajstić information content (AvgIpc) is 1.58. The first-order chi connectivity index (χ1) is 66.3. The average molecular weight is 1920 g/mol. The van der Waals surface area contributed by atoms with Crippen LogP contribution in [-0.4, -0.2) is 331 Å². The number of nitrogens with zero attached hydrogens (tertiary/aromatic N) is 7. The van der Waals surface area contributed by atoms with Crippen molar-refractivity contribution in [1.29, 1.82) is 0 Å². The maximum absolute atomic E-state index is 14.8. The number of nitrogens with one attached hydrogen (secondary N) is 3. The summed E-state index contributed by atoms with van der Waals surface area (Å²) in [5.74, 6) is -8.45. The number of allylic oxidation sites excluding steroid dienone is 6. The Morgan fingerprint density at radius 1 is 0.672 bits per heavy atom. The minimum Gasteiger partial charge on any atom is -0.460 e. The third-order valence-corrected chi connectivity index (χ3v) is 25.9. The van der Waals surface area contributed by atoms with Crippen LogP contribution < -0.4 is 16.4 Å². The molecule has 2 saturated heterocycles. The van der Waals surface area contributed by atoms with Crippen LogP contribution in [0.15, 0.2) is 96.7 Å². The molecule has 2 bridgehead atoms. The van der Waals surface area contributed by atoms with Crippen molar-refractivity contribution in [2.75, 3.05) is 185 Å². The number of aromatic nitrogens is 6. The molecule has 1 aliphatic carbocycles. The third-order valence-electron chi connectivity index (χ3n) is 25.9. The summed E-state index contributed by atoms with van der Waals surface area (Å²) in [6.45, 7) is 21.6. The molecule has 37 heteroatoms. The number of aromatic amines is 1. The van der Waals surface area contributed by atoms with E-state index in [1.807, 2.05) is 79.1 Å². The number of nitrogens with two attached hydrogens (primary N) is 1. The minimum atomic E-state index is -2.49. The summed E-state index contributed by atoms with van der Waals surface area (Å²) in [6.07, 6.45) is 15.5. The highest BCUT2D eigenvalue weighted by molar-refractivity contribution is 6.39. The van der Waals surface area contributed by atoms with Gasteiger partial charge in [-0.2, -0.15) is 5.10 Å². The van der Waals surface area contributed by atoms with Gasteiger partial charge in [-0.15, -0.1) is 0 Å². The summed E-state index contributed by atoms with van der Waals surface area (Å²) in [4.78, 5) is 130. The highest BCUT2D eigenvalue weighted by Crippen LogP contribution is 2.40. The number of ketones is 3. The number of aliphatic hydroxyl groups excluding tert-OH is 1. The smallest absolute Gasteiger partial charge is 0.407 e. The molecule has 137 heavy (non-hydrogen) atoms. The molecule has 10 rings (SSSR count). The third kappa shape index (κ3) is 34.3. The fraction of sp³-hybridized carbons (Fsp3) is 0.660. The number of anilines is 1. The molecule has 4 aliphatic heterocycles. The van der Waals surface area contributed by atoms with Crippen LogP contribution in [-0.2, 0) is 129 Å². The van der Waals surface area contributed by atoms with Crippen LogP contribution in [0.5, 0.6) is 0 Å². The molecule has 7 N–H and O–H groups in total. The lowest BCUT2D eigenvalue weighted by molar-refractivity contribution is -0.265. The summed E-state index contributed by atoms with van der Waals surface area (Å²) in [6, 6.07) is 9.12. The van der Waals surface area contributed by atoms with Crippen LogP contribution in [0, 0.1) is 35.5 Å². The van der Waals surface area contributed by atoms with Crippen molar-refractivity contribution in [1.82, 2.24) is 50.1 Å². The van der Waals surface area contributed by atoms with Crippen molar-refractivity contribution in [2.24, 2.45) is 35.5 Å². The molecule has 37 nitrogen and oxygen atoms in total. The topological polar surface area (TPSA) is 454 Å². The Labute approximate surface area is 803 Å². The number of ether oxygens (including phenoxy) is 16. The summed E-state index contributed by atoms with van der Waals surface area (Å²) in [5.41, 5.74) is 13.9. The number of carbonyl (C=O) groups is 8. The van der Waals surface area contributed by atoms with Crippen molar-refractivity contribution >= 4 is 75.0 Å². The monoisotopic (exact) mass is 1920 g/mol. The molecule has 4 aromatic heterocycles. The molecule has 0 radical (unpaired) electrons. The van der Waals surface area contributed by atoms with Gasteiger partial charge in [-0.3, -0.25) is 28.8 Å². The number of hydrogen-bond acceptors (Lipinski definition) is 31.